The molecule has 4 nitrogen and oxygen atoms in total. The first-order valence-electron chi connectivity index (χ1n) is 6.46. The molecule has 0 fully saturated rings. The molecule has 0 saturated heterocycles. The van der Waals surface area contributed by atoms with Crippen LogP contribution in [-0.2, 0) is 6.54 Å². The molecule has 100 valence electrons. The van der Waals surface area contributed by atoms with Crippen molar-refractivity contribution < 1.29 is 4.74 Å². The number of aromatic nitrogens is 2. The van der Waals surface area contributed by atoms with E-state index in [-0.39, 0.29) is 0 Å². The Balaban J connectivity index is 2.08. The first-order valence-corrected chi connectivity index (χ1v) is 6.46. The maximum absolute atomic E-state index is 5.94. The quantitative estimate of drug-likeness (QED) is 0.790. The van der Waals surface area contributed by atoms with Gasteiger partial charge >= 0.3 is 0 Å². The molecule has 0 saturated carbocycles. The highest BCUT2D eigenvalue weighted by atomic mass is 16.5. The Morgan fingerprint density at radius 2 is 1.90 bits per heavy atom. The van der Waals surface area contributed by atoms with E-state index in [1.807, 2.05) is 43.3 Å². The average molecular weight is 265 g/mol. The molecule has 0 spiro atoms. The molecule has 4 heteroatoms. The molecular formula is C16H15N3O. The fourth-order valence-corrected chi connectivity index (χ4v) is 2.16. The first-order chi connectivity index (χ1) is 9.79. The fraction of sp³-hybridized carbons (Fsp3) is 0.125. The molecule has 0 amide bonds. The number of hydrogen-bond acceptors (Lipinski definition) is 4. The van der Waals surface area contributed by atoms with Gasteiger partial charge in [0.1, 0.15) is 5.52 Å². The summed E-state index contributed by atoms with van der Waals surface area (Å²) in [6.07, 6.45) is 3.48. The van der Waals surface area contributed by atoms with Crippen molar-refractivity contribution in [1.29, 1.82) is 0 Å². The molecule has 0 aliphatic heterocycles. The van der Waals surface area contributed by atoms with E-state index < -0.39 is 0 Å². The zero-order chi connectivity index (χ0) is 13.9. The second-order valence-electron chi connectivity index (χ2n) is 4.55. The Morgan fingerprint density at radius 1 is 1.05 bits per heavy atom. The van der Waals surface area contributed by atoms with E-state index in [9.17, 15) is 0 Å². The SMILES string of the molecule is Cc1ccnc(Oc2cccc3cccnc23)c1CN. The van der Waals surface area contributed by atoms with Crippen LogP contribution in [0, 0.1) is 6.92 Å². The van der Waals surface area contributed by atoms with E-state index in [1.165, 1.54) is 0 Å². The van der Waals surface area contributed by atoms with Crippen LogP contribution in [0.2, 0.25) is 0 Å². The Morgan fingerprint density at radius 3 is 2.75 bits per heavy atom. The van der Waals surface area contributed by atoms with Gasteiger partial charge in [0.25, 0.3) is 0 Å². The van der Waals surface area contributed by atoms with E-state index >= 15 is 0 Å². The van der Waals surface area contributed by atoms with Gasteiger partial charge in [-0.25, -0.2) is 4.98 Å². The Bertz CT molecular complexity index is 750. The van der Waals surface area contributed by atoms with Gasteiger partial charge in [0.05, 0.1) is 0 Å². The Labute approximate surface area is 117 Å². The third-order valence-electron chi connectivity index (χ3n) is 3.26. The lowest BCUT2D eigenvalue weighted by molar-refractivity contribution is 0.460. The molecular weight excluding hydrogens is 250 g/mol. The lowest BCUT2D eigenvalue weighted by atomic mass is 10.1. The van der Waals surface area contributed by atoms with Gasteiger partial charge in [0.15, 0.2) is 5.75 Å². The van der Waals surface area contributed by atoms with E-state index in [0.29, 0.717) is 18.2 Å². The normalized spacial score (nSPS) is 10.7. The highest BCUT2D eigenvalue weighted by Gasteiger charge is 2.10. The van der Waals surface area contributed by atoms with Crippen LogP contribution in [0.3, 0.4) is 0 Å². The lowest BCUT2D eigenvalue weighted by Crippen LogP contribution is -2.03. The highest BCUT2D eigenvalue weighted by Crippen LogP contribution is 2.29. The van der Waals surface area contributed by atoms with Crippen molar-refractivity contribution in [3.63, 3.8) is 0 Å². The van der Waals surface area contributed by atoms with Crippen molar-refractivity contribution in [3.05, 3.63) is 59.9 Å². The number of aryl methyl sites for hydroxylation is 1. The van der Waals surface area contributed by atoms with Crippen molar-refractivity contribution in [3.8, 4) is 11.6 Å². The van der Waals surface area contributed by atoms with Crippen LogP contribution in [0.1, 0.15) is 11.1 Å². The predicted octanol–water partition coefficient (Wildman–Crippen LogP) is 3.19. The number of nitrogens with zero attached hydrogens (tertiary/aromatic N) is 2. The molecule has 0 bridgehead atoms. The van der Waals surface area contributed by atoms with Gasteiger partial charge in [-0.05, 0) is 30.7 Å². The summed E-state index contributed by atoms with van der Waals surface area (Å²) in [6.45, 7) is 2.39. The van der Waals surface area contributed by atoms with Gasteiger partial charge in [0, 0.05) is 29.9 Å². The maximum Gasteiger partial charge on any atom is 0.224 e. The third kappa shape index (κ3) is 2.21. The monoisotopic (exact) mass is 265 g/mol. The number of nitrogens with two attached hydrogens (primary N) is 1. The molecule has 1 aromatic carbocycles. The van der Waals surface area contributed by atoms with Crippen LogP contribution in [0.4, 0.5) is 0 Å². The molecule has 0 radical (unpaired) electrons. The Kier molecular flexibility index (Phi) is 3.31. The third-order valence-corrected chi connectivity index (χ3v) is 3.26. The maximum atomic E-state index is 5.94. The summed E-state index contributed by atoms with van der Waals surface area (Å²) >= 11 is 0. The summed E-state index contributed by atoms with van der Waals surface area (Å²) in [5, 5.41) is 1.03. The van der Waals surface area contributed by atoms with E-state index in [4.69, 9.17) is 10.5 Å². The van der Waals surface area contributed by atoms with Crippen LogP contribution >= 0.6 is 0 Å². The molecule has 2 N–H and O–H groups in total. The summed E-state index contributed by atoms with van der Waals surface area (Å²) in [5.41, 5.74) is 8.59. The van der Waals surface area contributed by atoms with Crippen LogP contribution in [0.5, 0.6) is 11.6 Å². The largest absolute Gasteiger partial charge is 0.436 e. The summed E-state index contributed by atoms with van der Waals surface area (Å²) in [5.74, 6) is 1.24. The van der Waals surface area contributed by atoms with Gasteiger partial charge in [0.2, 0.25) is 5.88 Å². The van der Waals surface area contributed by atoms with Crippen molar-refractivity contribution in [2.24, 2.45) is 5.73 Å². The molecule has 3 aromatic rings. The second kappa shape index (κ2) is 5.27. The number of fused-ring (bicyclic) bond motifs is 1. The van der Waals surface area contributed by atoms with E-state index in [0.717, 1.165) is 22.0 Å². The Hall–Kier alpha value is -2.46. The zero-order valence-corrected chi connectivity index (χ0v) is 11.2. The molecule has 20 heavy (non-hydrogen) atoms. The summed E-state index contributed by atoms with van der Waals surface area (Å²) in [7, 11) is 0. The summed E-state index contributed by atoms with van der Waals surface area (Å²) in [6, 6.07) is 11.7. The van der Waals surface area contributed by atoms with Gasteiger partial charge in [-0.1, -0.05) is 18.2 Å². The number of benzene rings is 1. The predicted molar refractivity (Wildman–Crippen MR) is 78.7 cm³/mol. The van der Waals surface area contributed by atoms with Gasteiger partial charge in [-0.15, -0.1) is 0 Å². The number of rotatable bonds is 3. The minimum Gasteiger partial charge on any atom is -0.436 e. The van der Waals surface area contributed by atoms with Crippen LogP contribution in [0.25, 0.3) is 10.9 Å². The highest BCUT2D eigenvalue weighted by molar-refractivity contribution is 5.84. The zero-order valence-electron chi connectivity index (χ0n) is 11.2. The molecule has 3 rings (SSSR count). The molecule has 2 heterocycles. The van der Waals surface area contributed by atoms with Crippen LogP contribution in [0.15, 0.2) is 48.8 Å². The lowest BCUT2D eigenvalue weighted by Gasteiger charge is -2.12. The minimum absolute atomic E-state index is 0.396. The molecule has 0 unspecified atom stereocenters. The number of para-hydroxylation sites is 1. The summed E-state index contributed by atoms with van der Waals surface area (Å²) in [4.78, 5) is 8.65. The van der Waals surface area contributed by atoms with Gasteiger partial charge < -0.3 is 10.5 Å². The molecule has 0 atom stereocenters. The van der Waals surface area contributed by atoms with Crippen molar-refractivity contribution >= 4 is 10.9 Å². The average Bonchev–Trinajstić information content (AvgIpc) is 2.48. The standard InChI is InChI=1S/C16H15N3O/c1-11-7-9-19-16(13(11)10-17)20-14-6-2-4-12-5-3-8-18-15(12)14/h2-9H,10,17H2,1H3. The van der Waals surface area contributed by atoms with Crippen LogP contribution < -0.4 is 10.5 Å². The van der Waals surface area contributed by atoms with Crippen molar-refractivity contribution in [2.45, 2.75) is 13.5 Å². The topological polar surface area (TPSA) is 61.0 Å². The van der Waals surface area contributed by atoms with Crippen molar-refractivity contribution in [1.82, 2.24) is 9.97 Å². The molecule has 0 aliphatic rings. The fourth-order valence-electron chi connectivity index (χ4n) is 2.16. The molecule has 2 aromatic heterocycles. The number of hydrogen-bond donors (Lipinski definition) is 1. The number of ether oxygens (including phenoxy) is 1. The first kappa shape index (κ1) is 12.6. The second-order valence-corrected chi connectivity index (χ2v) is 4.55. The van der Waals surface area contributed by atoms with Gasteiger partial charge in [-0.3, -0.25) is 4.98 Å². The van der Waals surface area contributed by atoms with Gasteiger partial charge in [-0.2, -0.15) is 0 Å². The van der Waals surface area contributed by atoms with Crippen LogP contribution in [-0.4, -0.2) is 9.97 Å². The van der Waals surface area contributed by atoms with E-state index in [1.54, 1.807) is 12.4 Å². The smallest absolute Gasteiger partial charge is 0.224 e. The number of pyridine rings is 2. The van der Waals surface area contributed by atoms with Crippen molar-refractivity contribution in [2.75, 3.05) is 0 Å². The van der Waals surface area contributed by atoms with E-state index in [2.05, 4.69) is 9.97 Å². The summed E-state index contributed by atoms with van der Waals surface area (Å²) < 4.78 is 5.94. The minimum atomic E-state index is 0.396. The molecule has 0 aliphatic carbocycles.